The van der Waals surface area contributed by atoms with Crippen LogP contribution in [0.5, 0.6) is 0 Å². The van der Waals surface area contributed by atoms with Gasteiger partial charge in [-0.25, -0.2) is 13.2 Å². The molecule has 0 fully saturated rings. The molecule has 19 heavy (non-hydrogen) atoms. The van der Waals surface area contributed by atoms with Gasteiger partial charge in [0.1, 0.15) is 5.82 Å². The highest BCUT2D eigenvalue weighted by Gasteiger charge is 2.21. The standard InChI is InChI=1S/C13H6BrCl2F3/c14-8-3-1-2-6(13(8)19)12(16)7-4-10(17)11(18)5-9(7)15/h1-5,12H. The van der Waals surface area contributed by atoms with E-state index in [0.717, 1.165) is 12.1 Å². The molecule has 2 aromatic carbocycles. The first kappa shape index (κ1) is 14.7. The Bertz CT molecular complexity index is 632. The first-order valence-electron chi connectivity index (χ1n) is 5.14. The lowest BCUT2D eigenvalue weighted by molar-refractivity contribution is 0.507. The number of hydrogen-bond acceptors (Lipinski definition) is 0. The summed E-state index contributed by atoms with van der Waals surface area (Å²) in [6.45, 7) is 0. The molecule has 0 spiro atoms. The number of hydrogen-bond donors (Lipinski definition) is 0. The van der Waals surface area contributed by atoms with Crippen molar-refractivity contribution in [1.29, 1.82) is 0 Å². The van der Waals surface area contributed by atoms with Crippen LogP contribution in [-0.2, 0) is 0 Å². The second-order valence-corrected chi connectivity index (χ2v) is 5.49. The Hall–Kier alpha value is -0.710. The minimum atomic E-state index is -1.08. The average molecular weight is 370 g/mol. The van der Waals surface area contributed by atoms with E-state index in [4.69, 9.17) is 23.2 Å². The molecule has 0 aliphatic rings. The summed E-state index contributed by atoms with van der Waals surface area (Å²) >= 11 is 14.9. The number of benzene rings is 2. The molecule has 1 unspecified atom stereocenters. The molecule has 0 N–H and O–H groups in total. The summed E-state index contributed by atoms with van der Waals surface area (Å²) in [5.74, 6) is -2.73. The van der Waals surface area contributed by atoms with Gasteiger partial charge in [0, 0.05) is 10.6 Å². The SMILES string of the molecule is Fc1cc(Cl)c(C(Cl)c2cccc(Br)c2F)cc1F. The highest BCUT2D eigenvalue weighted by Crippen LogP contribution is 2.37. The topological polar surface area (TPSA) is 0 Å². The smallest absolute Gasteiger partial charge is 0.160 e. The fourth-order valence-corrected chi connectivity index (χ4v) is 2.66. The number of halogens is 6. The summed E-state index contributed by atoms with van der Waals surface area (Å²) in [4.78, 5) is 0. The molecule has 0 aliphatic heterocycles. The first-order valence-corrected chi connectivity index (χ1v) is 6.75. The van der Waals surface area contributed by atoms with Crippen molar-refractivity contribution in [3.63, 3.8) is 0 Å². The van der Waals surface area contributed by atoms with Gasteiger partial charge in [0.25, 0.3) is 0 Å². The van der Waals surface area contributed by atoms with Crippen molar-refractivity contribution >= 4 is 39.1 Å². The number of alkyl halides is 1. The molecule has 0 radical (unpaired) electrons. The molecule has 0 aromatic heterocycles. The van der Waals surface area contributed by atoms with Crippen molar-refractivity contribution in [3.05, 3.63) is 68.4 Å². The van der Waals surface area contributed by atoms with Crippen LogP contribution in [0, 0.1) is 17.5 Å². The Morgan fingerprint density at radius 1 is 1.00 bits per heavy atom. The largest absolute Gasteiger partial charge is 0.205 e. The van der Waals surface area contributed by atoms with Crippen LogP contribution in [0.4, 0.5) is 13.2 Å². The quantitative estimate of drug-likeness (QED) is 0.460. The van der Waals surface area contributed by atoms with E-state index < -0.39 is 22.8 Å². The van der Waals surface area contributed by atoms with Gasteiger partial charge in [-0.2, -0.15) is 0 Å². The van der Waals surface area contributed by atoms with Crippen LogP contribution in [0.2, 0.25) is 5.02 Å². The lowest BCUT2D eigenvalue weighted by atomic mass is 10.0. The van der Waals surface area contributed by atoms with Crippen LogP contribution in [-0.4, -0.2) is 0 Å². The monoisotopic (exact) mass is 368 g/mol. The molecule has 0 saturated carbocycles. The van der Waals surface area contributed by atoms with Crippen molar-refractivity contribution in [3.8, 4) is 0 Å². The van der Waals surface area contributed by atoms with Crippen LogP contribution in [0.3, 0.4) is 0 Å². The van der Waals surface area contributed by atoms with E-state index in [9.17, 15) is 13.2 Å². The zero-order valence-electron chi connectivity index (χ0n) is 9.23. The van der Waals surface area contributed by atoms with Gasteiger partial charge in [-0.3, -0.25) is 0 Å². The lowest BCUT2D eigenvalue weighted by Crippen LogP contribution is -2.00. The van der Waals surface area contributed by atoms with E-state index >= 15 is 0 Å². The molecular weight excluding hydrogens is 364 g/mol. The third-order valence-corrected chi connectivity index (χ3v) is 3.98. The normalized spacial score (nSPS) is 12.5. The predicted molar refractivity (Wildman–Crippen MR) is 73.2 cm³/mol. The third kappa shape index (κ3) is 2.91. The van der Waals surface area contributed by atoms with Crippen molar-refractivity contribution in [2.24, 2.45) is 0 Å². The maximum Gasteiger partial charge on any atom is 0.160 e. The summed E-state index contributed by atoms with van der Waals surface area (Å²) in [5, 5.41) is -1.07. The molecule has 0 nitrogen and oxygen atoms in total. The third-order valence-electron chi connectivity index (χ3n) is 2.57. The van der Waals surface area contributed by atoms with E-state index in [-0.39, 0.29) is 20.6 Å². The molecule has 0 aliphatic carbocycles. The van der Waals surface area contributed by atoms with E-state index in [1.165, 1.54) is 12.1 Å². The Morgan fingerprint density at radius 3 is 2.32 bits per heavy atom. The Balaban J connectivity index is 2.53. The molecular formula is C13H6BrCl2F3. The van der Waals surface area contributed by atoms with Crippen molar-refractivity contribution < 1.29 is 13.2 Å². The summed E-state index contributed by atoms with van der Waals surface area (Å²) in [5.41, 5.74) is 0.239. The van der Waals surface area contributed by atoms with Gasteiger partial charge < -0.3 is 0 Å². The highest BCUT2D eigenvalue weighted by molar-refractivity contribution is 9.10. The molecule has 0 heterocycles. The molecule has 2 aromatic rings. The zero-order valence-corrected chi connectivity index (χ0v) is 12.3. The van der Waals surface area contributed by atoms with Gasteiger partial charge in [0.2, 0.25) is 0 Å². The fourth-order valence-electron chi connectivity index (χ4n) is 1.62. The molecule has 100 valence electrons. The molecule has 0 bridgehead atoms. The van der Waals surface area contributed by atoms with Crippen molar-refractivity contribution in [1.82, 2.24) is 0 Å². The van der Waals surface area contributed by atoms with Gasteiger partial charge in [-0.1, -0.05) is 23.7 Å². The van der Waals surface area contributed by atoms with Crippen molar-refractivity contribution in [2.75, 3.05) is 0 Å². The molecule has 0 amide bonds. The highest BCUT2D eigenvalue weighted by atomic mass is 79.9. The average Bonchev–Trinajstić information content (AvgIpc) is 2.36. The zero-order chi connectivity index (χ0) is 14.2. The first-order chi connectivity index (χ1) is 8.91. The van der Waals surface area contributed by atoms with E-state index in [0.29, 0.717) is 0 Å². The molecule has 2 rings (SSSR count). The van der Waals surface area contributed by atoms with Gasteiger partial charge in [-0.15, -0.1) is 11.6 Å². The Morgan fingerprint density at radius 2 is 1.63 bits per heavy atom. The van der Waals surface area contributed by atoms with Gasteiger partial charge in [-0.05, 0) is 39.7 Å². The molecule has 1 atom stereocenters. The number of rotatable bonds is 2. The fraction of sp³-hybridized carbons (Fsp3) is 0.0769. The molecule has 0 saturated heterocycles. The van der Waals surface area contributed by atoms with Crippen molar-refractivity contribution in [2.45, 2.75) is 5.38 Å². The maximum atomic E-state index is 13.9. The Labute approximate surface area is 126 Å². The van der Waals surface area contributed by atoms with Gasteiger partial charge in [0.15, 0.2) is 11.6 Å². The second-order valence-electron chi connectivity index (χ2n) is 3.79. The van der Waals surface area contributed by atoms with Crippen LogP contribution < -0.4 is 0 Å². The Kier molecular flexibility index (Phi) is 4.43. The second kappa shape index (κ2) is 5.73. The maximum absolute atomic E-state index is 13.9. The summed E-state index contributed by atoms with van der Waals surface area (Å²) in [7, 11) is 0. The van der Waals surface area contributed by atoms with Crippen LogP contribution >= 0.6 is 39.1 Å². The minimum absolute atomic E-state index is 0.0572. The van der Waals surface area contributed by atoms with Crippen LogP contribution in [0.15, 0.2) is 34.8 Å². The predicted octanol–water partition coefficient (Wildman–Crippen LogP) is 5.85. The van der Waals surface area contributed by atoms with Crippen LogP contribution in [0.25, 0.3) is 0 Å². The van der Waals surface area contributed by atoms with Crippen LogP contribution in [0.1, 0.15) is 16.5 Å². The summed E-state index contributed by atoms with van der Waals surface area (Å²) in [6.07, 6.45) is 0. The molecule has 6 heteroatoms. The van der Waals surface area contributed by atoms with E-state index in [1.54, 1.807) is 6.07 Å². The van der Waals surface area contributed by atoms with E-state index in [2.05, 4.69) is 15.9 Å². The van der Waals surface area contributed by atoms with E-state index in [1.807, 2.05) is 0 Å². The summed E-state index contributed by atoms with van der Waals surface area (Å²) in [6, 6.07) is 6.24. The minimum Gasteiger partial charge on any atom is -0.205 e. The van der Waals surface area contributed by atoms with Gasteiger partial charge in [0.05, 0.1) is 9.85 Å². The summed E-state index contributed by atoms with van der Waals surface area (Å²) < 4.78 is 40.3. The lowest BCUT2D eigenvalue weighted by Gasteiger charge is -2.14. The van der Waals surface area contributed by atoms with Gasteiger partial charge >= 0.3 is 0 Å².